The summed E-state index contributed by atoms with van der Waals surface area (Å²) in [6.45, 7) is 1.66. The highest BCUT2D eigenvalue weighted by Crippen LogP contribution is 2.14. The molecule has 18 heavy (non-hydrogen) atoms. The monoisotopic (exact) mass is 242 g/mol. The molecule has 0 aliphatic carbocycles. The number of carbonyl (C=O) groups is 1. The van der Waals surface area contributed by atoms with Crippen LogP contribution >= 0.6 is 0 Å². The van der Waals surface area contributed by atoms with E-state index in [2.05, 4.69) is 4.98 Å². The molecule has 2 aromatic rings. The third kappa shape index (κ3) is 3.07. The fourth-order valence-corrected chi connectivity index (χ4v) is 1.52. The first kappa shape index (κ1) is 12.1. The number of pyridine rings is 1. The maximum Gasteiger partial charge on any atom is 0.226 e. The molecule has 0 fully saturated rings. The number of hydrogen-bond acceptors (Lipinski definition) is 3. The van der Waals surface area contributed by atoms with Gasteiger partial charge in [-0.05, 0) is 18.2 Å². The maximum absolute atomic E-state index is 11.6. The number of ether oxygens (including phenoxy) is 1. The predicted octanol–water partition coefficient (Wildman–Crippen LogP) is 2.47. The Morgan fingerprint density at radius 2 is 1.89 bits per heavy atom. The maximum atomic E-state index is 11.6. The summed E-state index contributed by atoms with van der Waals surface area (Å²) in [6, 6.07) is 14.8. The van der Waals surface area contributed by atoms with Gasteiger partial charge >= 0.3 is 0 Å². The number of rotatable bonds is 4. The lowest BCUT2D eigenvalue weighted by atomic mass is 10.3. The molecule has 4 nitrogen and oxygen atoms in total. The Labute approximate surface area is 106 Å². The number of benzene rings is 1. The van der Waals surface area contributed by atoms with Crippen LogP contribution in [-0.2, 0) is 4.79 Å². The van der Waals surface area contributed by atoms with Crippen LogP contribution in [0.15, 0.2) is 54.7 Å². The van der Waals surface area contributed by atoms with Crippen LogP contribution in [0.1, 0.15) is 6.92 Å². The lowest BCUT2D eigenvalue weighted by Gasteiger charge is -2.20. The van der Waals surface area contributed by atoms with E-state index < -0.39 is 0 Å². The Hall–Kier alpha value is -2.36. The zero-order valence-corrected chi connectivity index (χ0v) is 10.1. The average Bonchev–Trinajstić information content (AvgIpc) is 2.41. The number of amides is 1. The van der Waals surface area contributed by atoms with E-state index in [1.165, 1.54) is 6.92 Å². The molecular formula is C14H14N2O2. The average molecular weight is 242 g/mol. The molecule has 0 aliphatic heterocycles. The summed E-state index contributed by atoms with van der Waals surface area (Å²) in [6.07, 6.45) is 1.65. The molecule has 0 atom stereocenters. The van der Waals surface area contributed by atoms with Gasteiger partial charge in [0.05, 0.1) is 0 Å². The molecule has 2 rings (SSSR count). The molecule has 92 valence electrons. The first-order valence-corrected chi connectivity index (χ1v) is 5.64. The van der Waals surface area contributed by atoms with Crippen LogP contribution in [0, 0.1) is 0 Å². The quantitative estimate of drug-likeness (QED) is 0.773. The highest BCUT2D eigenvalue weighted by molar-refractivity contribution is 5.91. The van der Waals surface area contributed by atoms with Crippen molar-refractivity contribution in [2.45, 2.75) is 6.92 Å². The summed E-state index contributed by atoms with van der Waals surface area (Å²) in [5, 5.41) is 0. The van der Waals surface area contributed by atoms with Crippen LogP contribution in [0.25, 0.3) is 0 Å². The van der Waals surface area contributed by atoms with Crippen molar-refractivity contribution in [1.29, 1.82) is 0 Å². The van der Waals surface area contributed by atoms with Gasteiger partial charge in [0, 0.05) is 24.9 Å². The van der Waals surface area contributed by atoms with Gasteiger partial charge in [-0.2, -0.15) is 0 Å². The van der Waals surface area contributed by atoms with Crippen molar-refractivity contribution < 1.29 is 9.53 Å². The molecule has 0 saturated heterocycles. The van der Waals surface area contributed by atoms with Gasteiger partial charge in [0.15, 0.2) is 6.73 Å². The highest BCUT2D eigenvalue weighted by Gasteiger charge is 2.11. The second-order valence-corrected chi connectivity index (χ2v) is 3.72. The van der Waals surface area contributed by atoms with Crippen molar-refractivity contribution in [3.05, 3.63) is 54.7 Å². The summed E-state index contributed by atoms with van der Waals surface area (Å²) in [7, 11) is 0. The third-order valence-corrected chi connectivity index (χ3v) is 2.43. The molecule has 1 aromatic carbocycles. The van der Waals surface area contributed by atoms with Crippen molar-refractivity contribution in [3.63, 3.8) is 0 Å². The molecule has 0 radical (unpaired) electrons. The highest BCUT2D eigenvalue weighted by atomic mass is 16.5. The van der Waals surface area contributed by atoms with Crippen molar-refractivity contribution in [2.75, 3.05) is 11.6 Å². The van der Waals surface area contributed by atoms with Gasteiger partial charge in [0.25, 0.3) is 0 Å². The topological polar surface area (TPSA) is 42.4 Å². The van der Waals surface area contributed by atoms with Crippen LogP contribution < -0.4 is 9.64 Å². The van der Waals surface area contributed by atoms with Gasteiger partial charge in [-0.3, -0.25) is 9.69 Å². The van der Waals surface area contributed by atoms with E-state index in [0.29, 0.717) is 5.88 Å². The molecule has 1 heterocycles. The van der Waals surface area contributed by atoms with Gasteiger partial charge in [0.2, 0.25) is 11.8 Å². The Kier molecular flexibility index (Phi) is 3.91. The minimum atomic E-state index is -0.0721. The third-order valence-electron chi connectivity index (χ3n) is 2.43. The summed E-state index contributed by atoms with van der Waals surface area (Å²) in [5.41, 5.74) is 0.806. The van der Waals surface area contributed by atoms with E-state index in [-0.39, 0.29) is 12.6 Å². The number of carbonyl (C=O) groups excluding carboxylic acids is 1. The minimum Gasteiger partial charge on any atom is -0.456 e. The second-order valence-electron chi connectivity index (χ2n) is 3.72. The Balaban J connectivity index is 2.06. The van der Waals surface area contributed by atoms with Crippen molar-refractivity contribution in [3.8, 4) is 5.88 Å². The standard InChI is InChI=1S/C14H14N2O2/c1-12(17)16(13-7-3-2-4-8-13)11-18-14-9-5-6-10-15-14/h2-10H,11H2,1H3. The van der Waals surface area contributed by atoms with E-state index in [1.54, 1.807) is 17.2 Å². The Bertz CT molecular complexity index is 500. The molecule has 0 bridgehead atoms. The Morgan fingerprint density at radius 1 is 1.17 bits per heavy atom. The smallest absolute Gasteiger partial charge is 0.226 e. The van der Waals surface area contributed by atoms with Crippen molar-refractivity contribution in [1.82, 2.24) is 4.98 Å². The molecule has 4 heteroatoms. The summed E-state index contributed by atoms with van der Waals surface area (Å²) in [4.78, 5) is 17.2. The first-order chi connectivity index (χ1) is 8.77. The number of hydrogen-bond donors (Lipinski definition) is 0. The lowest BCUT2D eigenvalue weighted by Crippen LogP contribution is -2.32. The van der Waals surface area contributed by atoms with E-state index >= 15 is 0 Å². The van der Waals surface area contributed by atoms with Gasteiger partial charge in [-0.1, -0.05) is 24.3 Å². The van der Waals surface area contributed by atoms with Crippen LogP contribution in [0.3, 0.4) is 0 Å². The van der Waals surface area contributed by atoms with E-state index in [4.69, 9.17) is 4.74 Å². The molecule has 0 N–H and O–H groups in total. The van der Waals surface area contributed by atoms with E-state index in [1.807, 2.05) is 42.5 Å². The normalized spacial score (nSPS) is 9.83. The van der Waals surface area contributed by atoms with Crippen LogP contribution in [-0.4, -0.2) is 17.6 Å². The second kappa shape index (κ2) is 5.82. The largest absolute Gasteiger partial charge is 0.456 e. The van der Waals surface area contributed by atoms with Crippen LogP contribution in [0.5, 0.6) is 5.88 Å². The predicted molar refractivity (Wildman–Crippen MR) is 69.3 cm³/mol. The molecule has 0 aliphatic rings. The minimum absolute atomic E-state index is 0.0721. The van der Waals surface area contributed by atoms with Crippen LogP contribution in [0.2, 0.25) is 0 Å². The van der Waals surface area contributed by atoms with Crippen molar-refractivity contribution in [2.24, 2.45) is 0 Å². The van der Waals surface area contributed by atoms with Gasteiger partial charge in [0.1, 0.15) is 0 Å². The molecule has 1 amide bonds. The SMILES string of the molecule is CC(=O)N(COc1ccccn1)c1ccccc1. The van der Waals surface area contributed by atoms with E-state index in [0.717, 1.165) is 5.69 Å². The van der Waals surface area contributed by atoms with Crippen LogP contribution in [0.4, 0.5) is 5.69 Å². The first-order valence-electron chi connectivity index (χ1n) is 5.64. The van der Waals surface area contributed by atoms with Gasteiger partial charge < -0.3 is 4.74 Å². The van der Waals surface area contributed by atoms with Crippen molar-refractivity contribution >= 4 is 11.6 Å². The zero-order chi connectivity index (χ0) is 12.8. The molecule has 0 spiro atoms. The molecular weight excluding hydrogens is 228 g/mol. The number of aromatic nitrogens is 1. The molecule has 0 unspecified atom stereocenters. The molecule has 1 aromatic heterocycles. The molecule has 0 saturated carbocycles. The summed E-state index contributed by atoms with van der Waals surface area (Å²) < 4.78 is 5.48. The fraction of sp³-hybridized carbons (Fsp3) is 0.143. The van der Waals surface area contributed by atoms with E-state index in [9.17, 15) is 4.79 Å². The summed E-state index contributed by atoms with van der Waals surface area (Å²) in [5.74, 6) is 0.428. The number of anilines is 1. The zero-order valence-electron chi connectivity index (χ0n) is 10.1. The summed E-state index contributed by atoms with van der Waals surface area (Å²) >= 11 is 0. The van der Waals surface area contributed by atoms with Gasteiger partial charge in [-0.15, -0.1) is 0 Å². The Morgan fingerprint density at radius 3 is 2.50 bits per heavy atom. The fourth-order valence-electron chi connectivity index (χ4n) is 1.52. The number of para-hydroxylation sites is 1. The van der Waals surface area contributed by atoms with Gasteiger partial charge in [-0.25, -0.2) is 4.98 Å². The lowest BCUT2D eigenvalue weighted by molar-refractivity contribution is -0.117. The number of nitrogens with zero attached hydrogens (tertiary/aromatic N) is 2.